The molecule has 26 heavy (non-hydrogen) atoms. The van der Waals surface area contributed by atoms with Crippen LogP contribution in [0.4, 0.5) is 30.6 Å². The van der Waals surface area contributed by atoms with Crippen molar-refractivity contribution in [2.24, 2.45) is 0 Å². The summed E-state index contributed by atoms with van der Waals surface area (Å²) in [5.74, 6) is -0.468. The second-order valence-electron chi connectivity index (χ2n) is 5.43. The maximum Gasteiger partial charge on any atom is 0.433 e. The minimum atomic E-state index is -4.70. The Kier molecular flexibility index (Phi) is 5.93. The molecule has 0 saturated carbocycles. The standard InChI is InChI=1S/C15H16F3N5O3/c1-9(8-24)20-14-21-12(15(16,17)18)6-13(22-14)19-7-10-4-2-3-5-11(10)23(25)26/h2-6,9,24H,7-8H2,1H3,(H2,19,20,21,22)/t9-/m1/s1. The normalized spacial score (nSPS) is 12.5. The first-order chi connectivity index (χ1) is 12.2. The first kappa shape index (κ1) is 19.4. The van der Waals surface area contributed by atoms with E-state index in [-0.39, 0.29) is 30.6 Å². The number of aliphatic hydroxyl groups is 1. The molecule has 0 unspecified atom stereocenters. The number of hydrogen-bond donors (Lipinski definition) is 3. The summed E-state index contributed by atoms with van der Waals surface area (Å²) in [4.78, 5) is 17.7. The largest absolute Gasteiger partial charge is 0.433 e. The molecule has 0 aliphatic heterocycles. The van der Waals surface area contributed by atoms with Crippen LogP contribution in [0.15, 0.2) is 30.3 Å². The van der Waals surface area contributed by atoms with Gasteiger partial charge in [-0.3, -0.25) is 10.1 Å². The molecule has 1 heterocycles. The summed E-state index contributed by atoms with van der Waals surface area (Å²) in [5.41, 5.74) is -1.04. The number of alkyl halides is 3. The molecule has 0 bridgehead atoms. The van der Waals surface area contributed by atoms with Crippen molar-refractivity contribution in [3.63, 3.8) is 0 Å². The van der Waals surface area contributed by atoms with Crippen LogP contribution in [-0.2, 0) is 12.7 Å². The van der Waals surface area contributed by atoms with Gasteiger partial charge in [-0.05, 0) is 6.92 Å². The molecule has 0 radical (unpaired) electrons. The van der Waals surface area contributed by atoms with E-state index in [1.54, 1.807) is 13.0 Å². The zero-order chi connectivity index (χ0) is 19.3. The maximum absolute atomic E-state index is 13.0. The zero-order valence-electron chi connectivity index (χ0n) is 13.6. The van der Waals surface area contributed by atoms with E-state index in [1.165, 1.54) is 18.2 Å². The monoisotopic (exact) mass is 371 g/mol. The second-order valence-corrected chi connectivity index (χ2v) is 5.43. The Morgan fingerprint density at radius 2 is 2.00 bits per heavy atom. The number of rotatable bonds is 7. The van der Waals surface area contributed by atoms with Crippen LogP contribution in [0.1, 0.15) is 18.2 Å². The molecule has 1 aromatic heterocycles. The Morgan fingerprint density at radius 3 is 2.62 bits per heavy atom. The molecule has 0 aliphatic rings. The number of nitro groups is 1. The molecule has 11 heteroatoms. The van der Waals surface area contributed by atoms with Crippen LogP contribution in [-0.4, -0.2) is 32.6 Å². The van der Waals surface area contributed by atoms with E-state index in [0.717, 1.165) is 0 Å². The lowest BCUT2D eigenvalue weighted by molar-refractivity contribution is -0.385. The van der Waals surface area contributed by atoms with Crippen molar-refractivity contribution in [1.82, 2.24) is 9.97 Å². The van der Waals surface area contributed by atoms with Gasteiger partial charge in [-0.15, -0.1) is 0 Å². The summed E-state index contributed by atoms with van der Waals surface area (Å²) < 4.78 is 39.0. The van der Waals surface area contributed by atoms with Crippen molar-refractivity contribution in [2.45, 2.75) is 25.7 Å². The number of nitrogens with zero attached hydrogens (tertiary/aromatic N) is 3. The fourth-order valence-corrected chi connectivity index (χ4v) is 2.04. The molecule has 0 spiro atoms. The van der Waals surface area contributed by atoms with E-state index in [2.05, 4.69) is 20.6 Å². The molecule has 1 aromatic carbocycles. The highest BCUT2D eigenvalue weighted by Gasteiger charge is 2.34. The summed E-state index contributed by atoms with van der Waals surface area (Å²) in [6.07, 6.45) is -4.70. The molecule has 2 rings (SSSR count). The number of aliphatic hydroxyl groups excluding tert-OH is 1. The molecule has 2 aromatic rings. The number of nitro benzene ring substituents is 1. The van der Waals surface area contributed by atoms with E-state index in [1.807, 2.05) is 0 Å². The summed E-state index contributed by atoms with van der Waals surface area (Å²) in [5, 5.41) is 25.2. The number of hydrogen-bond acceptors (Lipinski definition) is 7. The Labute approximate surface area is 146 Å². The predicted molar refractivity (Wildman–Crippen MR) is 87.6 cm³/mol. The Morgan fingerprint density at radius 1 is 1.31 bits per heavy atom. The Bertz CT molecular complexity index is 785. The minimum Gasteiger partial charge on any atom is -0.394 e. The summed E-state index contributed by atoms with van der Waals surface area (Å²) in [6.45, 7) is 1.13. The van der Waals surface area contributed by atoms with Crippen LogP contribution in [0.5, 0.6) is 0 Å². The summed E-state index contributed by atoms with van der Waals surface area (Å²) in [7, 11) is 0. The number of aromatic nitrogens is 2. The van der Waals surface area contributed by atoms with E-state index >= 15 is 0 Å². The van der Waals surface area contributed by atoms with Crippen LogP contribution in [0, 0.1) is 10.1 Å². The van der Waals surface area contributed by atoms with Gasteiger partial charge < -0.3 is 15.7 Å². The average molecular weight is 371 g/mol. The van der Waals surface area contributed by atoms with Gasteiger partial charge in [0.05, 0.1) is 11.5 Å². The fourth-order valence-electron chi connectivity index (χ4n) is 2.04. The van der Waals surface area contributed by atoms with Crippen LogP contribution >= 0.6 is 0 Å². The molecule has 0 amide bonds. The second kappa shape index (κ2) is 7.95. The highest BCUT2D eigenvalue weighted by atomic mass is 19.4. The van der Waals surface area contributed by atoms with Gasteiger partial charge in [-0.25, -0.2) is 4.98 Å². The smallest absolute Gasteiger partial charge is 0.394 e. The predicted octanol–water partition coefficient (Wildman–Crippen LogP) is 2.81. The topological polar surface area (TPSA) is 113 Å². The van der Waals surface area contributed by atoms with Gasteiger partial charge in [0.15, 0.2) is 5.69 Å². The number of halogens is 3. The Balaban J connectivity index is 2.28. The van der Waals surface area contributed by atoms with Crippen molar-refractivity contribution in [2.75, 3.05) is 17.2 Å². The Hall–Kier alpha value is -2.95. The van der Waals surface area contributed by atoms with Gasteiger partial charge >= 0.3 is 6.18 Å². The SMILES string of the molecule is C[C@H](CO)Nc1nc(NCc2ccccc2[N+](=O)[O-])cc(C(F)(F)F)n1. The number of benzene rings is 1. The number of nitrogens with one attached hydrogen (secondary N) is 2. The third-order valence-electron chi connectivity index (χ3n) is 3.31. The van der Waals surface area contributed by atoms with E-state index in [4.69, 9.17) is 5.11 Å². The van der Waals surface area contributed by atoms with Crippen molar-refractivity contribution >= 4 is 17.5 Å². The van der Waals surface area contributed by atoms with E-state index < -0.39 is 22.8 Å². The fraction of sp³-hybridized carbons (Fsp3) is 0.333. The van der Waals surface area contributed by atoms with E-state index in [0.29, 0.717) is 11.6 Å². The third kappa shape index (κ3) is 5.02. The zero-order valence-corrected chi connectivity index (χ0v) is 13.6. The van der Waals surface area contributed by atoms with Crippen molar-refractivity contribution in [3.05, 3.63) is 51.7 Å². The van der Waals surface area contributed by atoms with Gasteiger partial charge in [0.25, 0.3) is 5.69 Å². The van der Waals surface area contributed by atoms with Gasteiger partial charge in [-0.2, -0.15) is 18.2 Å². The molecular weight excluding hydrogens is 355 g/mol. The van der Waals surface area contributed by atoms with Crippen LogP contribution in [0.2, 0.25) is 0 Å². The molecule has 0 saturated heterocycles. The highest BCUT2D eigenvalue weighted by Crippen LogP contribution is 2.30. The summed E-state index contributed by atoms with van der Waals surface area (Å²) >= 11 is 0. The molecule has 8 nitrogen and oxygen atoms in total. The molecule has 1 atom stereocenters. The van der Waals surface area contributed by atoms with Gasteiger partial charge in [0.1, 0.15) is 5.82 Å². The van der Waals surface area contributed by atoms with Crippen LogP contribution in [0.3, 0.4) is 0 Å². The van der Waals surface area contributed by atoms with Crippen molar-refractivity contribution in [3.8, 4) is 0 Å². The molecular formula is C15H16F3N5O3. The van der Waals surface area contributed by atoms with Gasteiger partial charge in [0.2, 0.25) is 5.95 Å². The van der Waals surface area contributed by atoms with Gasteiger partial charge in [-0.1, -0.05) is 18.2 Å². The first-order valence-electron chi connectivity index (χ1n) is 7.50. The van der Waals surface area contributed by atoms with Crippen molar-refractivity contribution in [1.29, 1.82) is 0 Å². The number of para-hydroxylation sites is 1. The summed E-state index contributed by atoms with van der Waals surface area (Å²) in [6, 6.07) is 6.02. The third-order valence-corrected chi connectivity index (χ3v) is 3.31. The number of anilines is 2. The molecule has 0 aliphatic carbocycles. The van der Waals surface area contributed by atoms with Crippen molar-refractivity contribution < 1.29 is 23.2 Å². The lowest BCUT2D eigenvalue weighted by atomic mass is 10.2. The lowest BCUT2D eigenvalue weighted by Gasteiger charge is -2.15. The average Bonchev–Trinajstić information content (AvgIpc) is 2.59. The van der Waals surface area contributed by atoms with Gasteiger partial charge in [0, 0.05) is 30.3 Å². The van der Waals surface area contributed by atoms with E-state index in [9.17, 15) is 23.3 Å². The highest BCUT2D eigenvalue weighted by molar-refractivity contribution is 5.47. The lowest BCUT2D eigenvalue weighted by Crippen LogP contribution is -2.22. The maximum atomic E-state index is 13.0. The first-order valence-corrected chi connectivity index (χ1v) is 7.50. The molecule has 140 valence electrons. The quantitative estimate of drug-likeness (QED) is 0.507. The molecule has 0 fully saturated rings. The minimum absolute atomic E-state index is 0.0968. The van der Waals surface area contributed by atoms with Crippen LogP contribution in [0.25, 0.3) is 0 Å². The van der Waals surface area contributed by atoms with Crippen LogP contribution < -0.4 is 10.6 Å². The molecule has 3 N–H and O–H groups in total.